The van der Waals surface area contributed by atoms with Gasteiger partial charge in [-0.05, 0) is 81.5 Å². The molecule has 2 heteroatoms. The Bertz CT molecular complexity index is 453. The van der Waals surface area contributed by atoms with Crippen LogP contribution in [0.1, 0.15) is 97.8 Å². The first kappa shape index (κ1) is 19.0. The van der Waals surface area contributed by atoms with Crippen molar-refractivity contribution in [1.29, 1.82) is 0 Å². The molecular formula is C23H38O2. The van der Waals surface area contributed by atoms with Gasteiger partial charge in [-0.3, -0.25) is 0 Å². The molecule has 0 aromatic rings. The average Bonchev–Trinajstić information content (AvgIpc) is 2.48. The summed E-state index contributed by atoms with van der Waals surface area (Å²) in [4.78, 5) is 12.7. The van der Waals surface area contributed by atoms with E-state index >= 15 is 0 Å². The normalized spacial score (nSPS) is 33.9. The van der Waals surface area contributed by atoms with Gasteiger partial charge in [0.1, 0.15) is 5.60 Å². The van der Waals surface area contributed by atoms with Gasteiger partial charge in [-0.1, -0.05) is 45.6 Å². The summed E-state index contributed by atoms with van der Waals surface area (Å²) in [6.07, 6.45) is 16.6. The lowest BCUT2D eigenvalue weighted by atomic mass is 9.54. The van der Waals surface area contributed by atoms with Gasteiger partial charge in [-0.15, -0.1) is 0 Å². The number of hydrogen-bond donors (Lipinski definition) is 0. The van der Waals surface area contributed by atoms with E-state index in [0.717, 1.165) is 49.9 Å². The Balaban J connectivity index is 1.58. The van der Waals surface area contributed by atoms with Crippen molar-refractivity contribution in [2.24, 2.45) is 23.7 Å². The number of rotatable bonds is 9. The largest absolute Gasteiger partial charge is 0.456 e. The Morgan fingerprint density at radius 1 is 1.04 bits per heavy atom. The van der Waals surface area contributed by atoms with E-state index in [0.29, 0.717) is 5.92 Å². The van der Waals surface area contributed by atoms with E-state index < -0.39 is 0 Å². The topological polar surface area (TPSA) is 26.3 Å². The number of unbranched alkanes of at least 4 members (excludes halogenated alkanes) is 3. The molecule has 0 saturated heterocycles. The second kappa shape index (κ2) is 8.27. The molecule has 0 atom stereocenters. The lowest BCUT2D eigenvalue weighted by Crippen LogP contribution is -2.52. The lowest BCUT2D eigenvalue weighted by Gasteiger charge is -2.55. The predicted octanol–water partition coefficient (Wildman–Crippen LogP) is 6.44. The molecule has 4 aliphatic carbocycles. The number of esters is 1. The first-order chi connectivity index (χ1) is 12.0. The Hall–Kier alpha value is -0.790. The highest BCUT2D eigenvalue weighted by Crippen LogP contribution is 2.57. The SMILES string of the molecule is CCCCCC/C(=C\C(=O)OC12CC3CC(CC(C3)C1)C2)CC(C)C. The molecule has 4 fully saturated rings. The quantitative estimate of drug-likeness (QED) is 0.273. The van der Waals surface area contributed by atoms with Gasteiger partial charge >= 0.3 is 5.97 Å². The van der Waals surface area contributed by atoms with Crippen molar-refractivity contribution < 1.29 is 9.53 Å². The maximum atomic E-state index is 12.7. The standard InChI is InChI=1S/C23H38O2/c1-4-5-6-7-8-18(9-17(2)3)13-22(24)25-23-14-19-10-20(15-23)12-21(11-19)16-23/h13,17,19-21H,4-12,14-16H2,1-3H3/b18-13+. The van der Waals surface area contributed by atoms with Gasteiger partial charge in [0.25, 0.3) is 0 Å². The third-order valence-electron chi connectivity index (χ3n) is 6.64. The molecule has 4 aliphatic rings. The third-order valence-corrected chi connectivity index (χ3v) is 6.64. The minimum Gasteiger partial charge on any atom is -0.456 e. The van der Waals surface area contributed by atoms with E-state index in [1.807, 2.05) is 6.08 Å². The monoisotopic (exact) mass is 346 g/mol. The zero-order valence-corrected chi connectivity index (χ0v) is 16.7. The van der Waals surface area contributed by atoms with Crippen molar-refractivity contribution in [3.63, 3.8) is 0 Å². The maximum absolute atomic E-state index is 12.7. The summed E-state index contributed by atoms with van der Waals surface area (Å²) in [7, 11) is 0. The number of ether oxygens (including phenoxy) is 1. The van der Waals surface area contributed by atoms with E-state index in [9.17, 15) is 4.79 Å². The van der Waals surface area contributed by atoms with Gasteiger partial charge in [0.15, 0.2) is 0 Å². The van der Waals surface area contributed by atoms with E-state index in [1.54, 1.807) is 0 Å². The number of allylic oxidation sites excluding steroid dienone is 1. The fraction of sp³-hybridized carbons (Fsp3) is 0.870. The molecule has 4 rings (SSSR count). The summed E-state index contributed by atoms with van der Waals surface area (Å²) >= 11 is 0. The number of carbonyl (C=O) groups excluding carboxylic acids is 1. The molecule has 0 radical (unpaired) electrons. The van der Waals surface area contributed by atoms with Crippen LogP contribution in [0.25, 0.3) is 0 Å². The third kappa shape index (κ3) is 5.11. The van der Waals surface area contributed by atoms with Gasteiger partial charge in [-0.2, -0.15) is 0 Å². The van der Waals surface area contributed by atoms with Crippen LogP contribution in [0.3, 0.4) is 0 Å². The van der Waals surface area contributed by atoms with Crippen LogP contribution in [0.15, 0.2) is 11.6 Å². The molecule has 0 N–H and O–H groups in total. The van der Waals surface area contributed by atoms with Gasteiger partial charge in [0, 0.05) is 6.08 Å². The van der Waals surface area contributed by atoms with Gasteiger partial charge in [0.2, 0.25) is 0 Å². The molecule has 0 spiro atoms. The lowest BCUT2D eigenvalue weighted by molar-refractivity contribution is -0.181. The summed E-state index contributed by atoms with van der Waals surface area (Å²) < 4.78 is 6.17. The number of carbonyl (C=O) groups is 1. The van der Waals surface area contributed by atoms with E-state index in [-0.39, 0.29) is 11.6 Å². The second-order valence-electron chi connectivity index (χ2n) is 9.73. The highest BCUT2D eigenvalue weighted by Gasteiger charge is 2.53. The minimum atomic E-state index is -0.104. The second-order valence-corrected chi connectivity index (χ2v) is 9.73. The van der Waals surface area contributed by atoms with Gasteiger partial charge < -0.3 is 4.74 Å². The number of hydrogen-bond acceptors (Lipinski definition) is 2. The van der Waals surface area contributed by atoms with Crippen LogP contribution in [-0.2, 0) is 9.53 Å². The Labute approximate surface area is 154 Å². The smallest absolute Gasteiger partial charge is 0.331 e. The summed E-state index contributed by atoms with van der Waals surface area (Å²) in [6, 6.07) is 0. The first-order valence-electron chi connectivity index (χ1n) is 10.9. The molecule has 4 bridgehead atoms. The zero-order valence-electron chi connectivity index (χ0n) is 16.7. The van der Waals surface area contributed by atoms with Crippen molar-refractivity contribution in [1.82, 2.24) is 0 Å². The molecule has 2 nitrogen and oxygen atoms in total. The molecule has 0 aromatic carbocycles. The van der Waals surface area contributed by atoms with Crippen molar-refractivity contribution >= 4 is 5.97 Å². The highest BCUT2D eigenvalue weighted by atomic mass is 16.6. The molecule has 0 aliphatic heterocycles. The summed E-state index contributed by atoms with van der Waals surface area (Å²) in [6.45, 7) is 6.72. The van der Waals surface area contributed by atoms with Crippen LogP contribution >= 0.6 is 0 Å². The first-order valence-corrected chi connectivity index (χ1v) is 10.9. The minimum absolute atomic E-state index is 0.0481. The Morgan fingerprint density at radius 3 is 2.16 bits per heavy atom. The van der Waals surface area contributed by atoms with E-state index in [4.69, 9.17) is 4.74 Å². The molecule has 25 heavy (non-hydrogen) atoms. The fourth-order valence-corrected chi connectivity index (χ4v) is 6.10. The predicted molar refractivity (Wildman–Crippen MR) is 103 cm³/mol. The Kier molecular flexibility index (Phi) is 6.28. The fourth-order valence-electron chi connectivity index (χ4n) is 6.10. The van der Waals surface area contributed by atoms with Gasteiger partial charge in [-0.25, -0.2) is 4.79 Å². The van der Waals surface area contributed by atoms with E-state index in [2.05, 4.69) is 20.8 Å². The molecular weight excluding hydrogens is 308 g/mol. The van der Waals surface area contributed by atoms with Crippen LogP contribution < -0.4 is 0 Å². The van der Waals surface area contributed by atoms with Crippen LogP contribution in [0, 0.1) is 23.7 Å². The zero-order chi connectivity index (χ0) is 17.9. The van der Waals surface area contributed by atoms with Crippen molar-refractivity contribution in [2.75, 3.05) is 0 Å². The molecule has 4 saturated carbocycles. The molecule has 0 aromatic heterocycles. The average molecular weight is 347 g/mol. The van der Waals surface area contributed by atoms with Crippen LogP contribution in [0.2, 0.25) is 0 Å². The molecule has 0 heterocycles. The molecule has 142 valence electrons. The van der Waals surface area contributed by atoms with Crippen LogP contribution in [0.4, 0.5) is 0 Å². The Morgan fingerprint density at radius 2 is 1.64 bits per heavy atom. The summed E-state index contributed by atoms with van der Waals surface area (Å²) in [5.41, 5.74) is 1.20. The highest BCUT2D eigenvalue weighted by molar-refractivity contribution is 5.83. The van der Waals surface area contributed by atoms with Crippen molar-refractivity contribution in [3.8, 4) is 0 Å². The van der Waals surface area contributed by atoms with Crippen molar-refractivity contribution in [2.45, 2.75) is 103 Å². The molecule has 0 unspecified atom stereocenters. The van der Waals surface area contributed by atoms with Crippen molar-refractivity contribution in [3.05, 3.63) is 11.6 Å². The van der Waals surface area contributed by atoms with Crippen LogP contribution in [-0.4, -0.2) is 11.6 Å². The summed E-state index contributed by atoms with van der Waals surface area (Å²) in [5, 5.41) is 0. The van der Waals surface area contributed by atoms with Crippen LogP contribution in [0.5, 0.6) is 0 Å². The summed E-state index contributed by atoms with van der Waals surface area (Å²) in [5.74, 6) is 3.03. The molecule has 0 amide bonds. The van der Waals surface area contributed by atoms with E-state index in [1.165, 1.54) is 50.5 Å². The van der Waals surface area contributed by atoms with Gasteiger partial charge in [0.05, 0.1) is 0 Å². The maximum Gasteiger partial charge on any atom is 0.331 e.